The highest BCUT2D eigenvalue weighted by atomic mass is 35.5. The number of aromatic nitrogens is 5. The van der Waals surface area contributed by atoms with Crippen LogP contribution in [0.25, 0.3) is 10.9 Å². The van der Waals surface area contributed by atoms with E-state index in [9.17, 15) is 18.0 Å². The van der Waals surface area contributed by atoms with E-state index in [4.69, 9.17) is 16.3 Å². The van der Waals surface area contributed by atoms with E-state index in [-0.39, 0.29) is 33.4 Å². The van der Waals surface area contributed by atoms with Gasteiger partial charge in [0.05, 0.1) is 28.3 Å². The highest BCUT2D eigenvalue weighted by Crippen LogP contribution is 2.34. The zero-order valence-electron chi connectivity index (χ0n) is 14.8. The second-order valence-corrected chi connectivity index (χ2v) is 6.31. The molecule has 150 valence electrons. The van der Waals surface area contributed by atoms with Gasteiger partial charge in [-0.1, -0.05) is 23.7 Å². The van der Waals surface area contributed by atoms with Crippen molar-refractivity contribution in [2.24, 2.45) is 0 Å². The summed E-state index contributed by atoms with van der Waals surface area (Å²) < 4.78 is 45.6. The third-order valence-electron chi connectivity index (χ3n) is 3.85. The standard InChI is InChI=1S/C19H9ClF3N5O2/c20-10-8-25-18(26-9-10)30-13-6-3-5-11-14(13)15(28-17(27-11)19(21,22)23)16(29)12-4-1-2-7-24-12/h1-9H. The Kier molecular flexibility index (Phi) is 5.00. The molecule has 3 heterocycles. The molecule has 0 spiro atoms. The normalized spacial score (nSPS) is 11.5. The van der Waals surface area contributed by atoms with E-state index < -0.39 is 23.5 Å². The second kappa shape index (κ2) is 7.64. The molecule has 0 N–H and O–H groups in total. The summed E-state index contributed by atoms with van der Waals surface area (Å²) in [6.07, 6.45) is -0.940. The second-order valence-electron chi connectivity index (χ2n) is 5.87. The molecule has 7 nitrogen and oxygen atoms in total. The van der Waals surface area contributed by atoms with Crippen LogP contribution in [0.2, 0.25) is 5.02 Å². The number of pyridine rings is 1. The molecule has 0 aliphatic rings. The van der Waals surface area contributed by atoms with Crippen LogP contribution in [-0.4, -0.2) is 30.7 Å². The van der Waals surface area contributed by atoms with Crippen molar-refractivity contribution >= 4 is 28.3 Å². The van der Waals surface area contributed by atoms with E-state index in [1.165, 1.54) is 48.9 Å². The summed E-state index contributed by atoms with van der Waals surface area (Å²) in [5, 5.41) is 0.240. The summed E-state index contributed by atoms with van der Waals surface area (Å²) in [5.74, 6) is -2.27. The zero-order chi connectivity index (χ0) is 21.3. The Morgan fingerprint density at radius 2 is 1.73 bits per heavy atom. The van der Waals surface area contributed by atoms with Gasteiger partial charge in [0.1, 0.15) is 17.1 Å². The van der Waals surface area contributed by atoms with Gasteiger partial charge in [0.15, 0.2) is 0 Å². The minimum atomic E-state index is -4.86. The first-order valence-corrected chi connectivity index (χ1v) is 8.70. The number of ketones is 1. The molecule has 0 saturated heterocycles. The van der Waals surface area contributed by atoms with E-state index in [0.29, 0.717) is 0 Å². The van der Waals surface area contributed by atoms with Crippen LogP contribution < -0.4 is 4.74 Å². The smallest absolute Gasteiger partial charge is 0.423 e. The van der Waals surface area contributed by atoms with Crippen molar-refractivity contribution in [3.8, 4) is 11.8 Å². The van der Waals surface area contributed by atoms with Crippen LogP contribution >= 0.6 is 11.6 Å². The van der Waals surface area contributed by atoms with Crippen LogP contribution in [0.15, 0.2) is 55.0 Å². The Morgan fingerprint density at radius 1 is 0.967 bits per heavy atom. The lowest BCUT2D eigenvalue weighted by Gasteiger charge is -2.13. The topological polar surface area (TPSA) is 90.8 Å². The average Bonchev–Trinajstić information content (AvgIpc) is 2.74. The van der Waals surface area contributed by atoms with Crippen LogP contribution in [0.3, 0.4) is 0 Å². The molecule has 0 radical (unpaired) electrons. The molecule has 11 heteroatoms. The fourth-order valence-corrected chi connectivity index (χ4v) is 2.70. The lowest BCUT2D eigenvalue weighted by atomic mass is 10.1. The largest absolute Gasteiger partial charge is 0.451 e. The highest BCUT2D eigenvalue weighted by molar-refractivity contribution is 6.30. The van der Waals surface area contributed by atoms with Gasteiger partial charge in [-0.25, -0.2) is 19.9 Å². The number of hydrogen-bond acceptors (Lipinski definition) is 7. The van der Waals surface area contributed by atoms with Gasteiger partial charge < -0.3 is 4.74 Å². The molecule has 0 aliphatic carbocycles. The van der Waals surface area contributed by atoms with Crippen LogP contribution in [0.1, 0.15) is 22.0 Å². The van der Waals surface area contributed by atoms with E-state index in [0.717, 1.165) is 0 Å². The molecule has 3 aromatic heterocycles. The predicted octanol–water partition coefficient (Wildman–Crippen LogP) is 4.51. The molecule has 0 atom stereocenters. The lowest BCUT2D eigenvalue weighted by Crippen LogP contribution is -2.16. The molecule has 0 amide bonds. The summed E-state index contributed by atoms with van der Waals surface area (Å²) >= 11 is 5.75. The van der Waals surface area contributed by atoms with E-state index in [1.54, 1.807) is 6.07 Å². The molecule has 0 aliphatic heterocycles. The summed E-state index contributed by atoms with van der Waals surface area (Å²) in [6.45, 7) is 0. The number of alkyl halides is 3. The zero-order valence-corrected chi connectivity index (χ0v) is 15.5. The van der Waals surface area contributed by atoms with Gasteiger partial charge in [0.25, 0.3) is 0 Å². The third kappa shape index (κ3) is 3.90. The number of hydrogen-bond donors (Lipinski definition) is 0. The van der Waals surface area contributed by atoms with Crippen molar-refractivity contribution in [1.29, 1.82) is 0 Å². The number of benzene rings is 1. The van der Waals surface area contributed by atoms with E-state index >= 15 is 0 Å². The van der Waals surface area contributed by atoms with Crippen LogP contribution in [0.5, 0.6) is 11.8 Å². The number of nitrogens with zero attached hydrogens (tertiary/aromatic N) is 5. The van der Waals surface area contributed by atoms with Gasteiger partial charge in [-0.3, -0.25) is 9.78 Å². The number of ether oxygens (including phenoxy) is 1. The third-order valence-corrected chi connectivity index (χ3v) is 4.04. The monoisotopic (exact) mass is 431 g/mol. The van der Waals surface area contributed by atoms with Crippen molar-refractivity contribution in [3.05, 3.63) is 77.2 Å². The summed E-state index contributed by atoms with van der Waals surface area (Å²) in [7, 11) is 0. The maximum Gasteiger partial charge on any atom is 0.451 e. The molecular formula is C19H9ClF3N5O2. The first-order valence-electron chi connectivity index (χ1n) is 8.32. The number of carbonyl (C=O) groups excluding carboxylic acids is 1. The predicted molar refractivity (Wildman–Crippen MR) is 99.3 cm³/mol. The van der Waals surface area contributed by atoms with E-state index in [2.05, 4.69) is 24.9 Å². The lowest BCUT2D eigenvalue weighted by molar-refractivity contribution is -0.144. The van der Waals surface area contributed by atoms with E-state index in [1.807, 2.05) is 0 Å². The fourth-order valence-electron chi connectivity index (χ4n) is 2.60. The summed E-state index contributed by atoms with van der Waals surface area (Å²) in [6, 6.07) is 8.53. The molecule has 4 aromatic rings. The molecule has 0 bridgehead atoms. The van der Waals surface area contributed by atoms with Gasteiger partial charge in [0, 0.05) is 6.20 Å². The van der Waals surface area contributed by atoms with Crippen LogP contribution in [-0.2, 0) is 6.18 Å². The molecule has 0 unspecified atom stereocenters. The van der Waals surface area contributed by atoms with Crippen LogP contribution in [0, 0.1) is 0 Å². The molecular weight excluding hydrogens is 423 g/mol. The van der Waals surface area contributed by atoms with Gasteiger partial charge in [-0.2, -0.15) is 13.2 Å². The quantitative estimate of drug-likeness (QED) is 0.439. The Bertz CT molecular complexity index is 1230. The number of carbonyl (C=O) groups is 1. The molecule has 4 rings (SSSR count). The van der Waals surface area contributed by atoms with Gasteiger partial charge >= 0.3 is 12.2 Å². The van der Waals surface area contributed by atoms with Gasteiger partial charge in [-0.05, 0) is 24.3 Å². The number of halogens is 4. The minimum absolute atomic E-state index is 0.00262. The minimum Gasteiger partial charge on any atom is -0.423 e. The SMILES string of the molecule is O=C(c1ccccn1)c1nc(C(F)(F)F)nc2cccc(Oc3ncc(Cl)cn3)c12. The van der Waals surface area contributed by atoms with Gasteiger partial charge in [0.2, 0.25) is 11.6 Å². The molecule has 1 aromatic carbocycles. The Hall–Kier alpha value is -3.66. The molecule has 30 heavy (non-hydrogen) atoms. The van der Waals surface area contributed by atoms with Crippen molar-refractivity contribution in [2.45, 2.75) is 6.18 Å². The number of fused-ring (bicyclic) bond motifs is 1. The van der Waals surface area contributed by atoms with Crippen molar-refractivity contribution in [1.82, 2.24) is 24.9 Å². The average molecular weight is 432 g/mol. The van der Waals surface area contributed by atoms with Crippen molar-refractivity contribution < 1.29 is 22.7 Å². The van der Waals surface area contributed by atoms with Gasteiger partial charge in [-0.15, -0.1) is 0 Å². The first-order chi connectivity index (χ1) is 14.3. The summed E-state index contributed by atoms with van der Waals surface area (Å²) in [4.78, 5) is 31.7. The highest BCUT2D eigenvalue weighted by Gasteiger charge is 2.37. The maximum absolute atomic E-state index is 13.3. The first kappa shape index (κ1) is 19.6. The Morgan fingerprint density at radius 3 is 2.40 bits per heavy atom. The summed E-state index contributed by atoms with van der Waals surface area (Å²) in [5.41, 5.74) is -0.721. The van der Waals surface area contributed by atoms with Crippen LogP contribution in [0.4, 0.5) is 13.2 Å². The van der Waals surface area contributed by atoms with Crippen molar-refractivity contribution in [2.75, 3.05) is 0 Å². The Balaban J connectivity index is 1.93. The fraction of sp³-hybridized carbons (Fsp3) is 0.0526. The Labute approximate surface area is 171 Å². The number of rotatable bonds is 4. The molecule has 0 saturated carbocycles. The van der Waals surface area contributed by atoms with Crippen molar-refractivity contribution in [3.63, 3.8) is 0 Å². The molecule has 0 fully saturated rings. The maximum atomic E-state index is 13.3.